The SMILES string of the molecule is O=C(O)CCCS(=O)(=O)NC1CCNC2(CCCCC2)C1. The highest BCUT2D eigenvalue weighted by Crippen LogP contribution is 2.34. The average Bonchev–Trinajstić information content (AvgIpc) is 2.38. The molecule has 1 aliphatic heterocycles. The highest BCUT2D eigenvalue weighted by Gasteiger charge is 2.37. The van der Waals surface area contributed by atoms with Gasteiger partial charge < -0.3 is 10.4 Å². The van der Waals surface area contributed by atoms with E-state index >= 15 is 0 Å². The van der Waals surface area contributed by atoms with Crippen LogP contribution in [0.25, 0.3) is 0 Å². The summed E-state index contributed by atoms with van der Waals surface area (Å²) in [7, 11) is -3.37. The first kappa shape index (κ1) is 16.7. The molecule has 1 saturated carbocycles. The second-order valence-corrected chi connectivity index (χ2v) is 8.26. The number of hydrogen-bond donors (Lipinski definition) is 3. The van der Waals surface area contributed by atoms with Crippen LogP contribution in [0.2, 0.25) is 0 Å². The Hall–Kier alpha value is -0.660. The number of hydrogen-bond acceptors (Lipinski definition) is 4. The van der Waals surface area contributed by atoms with Crippen LogP contribution in [-0.2, 0) is 14.8 Å². The number of sulfonamides is 1. The zero-order chi connectivity index (χ0) is 15.3. The second-order valence-electron chi connectivity index (χ2n) is 6.39. The normalized spacial score (nSPS) is 25.8. The Bertz CT molecular complexity index is 452. The van der Waals surface area contributed by atoms with E-state index in [-0.39, 0.29) is 30.2 Å². The lowest BCUT2D eigenvalue weighted by molar-refractivity contribution is -0.137. The van der Waals surface area contributed by atoms with Crippen molar-refractivity contribution in [2.75, 3.05) is 12.3 Å². The van der Waals surface area contributed by atoms with Crippen molar-refractivity contribution in [2.45, 2.75) is 69.4 Å². The van der Waals surface area contributed by atoms with Crippen LogP contribution >= 0.6 is 0 Å². The number of nitrogens with one attached hydrogen (secondary N) is 2. The second kappa shape index (κ2) is 7.07. The zero-order valence-corrected chi connectivity index (χ0v) is 13.3. The van der Waals surface area contributed by atoms with Crippen LogP contribution in [0.3, 0.4) is 0 Å². The molecule has 0 aromatic heterocycles. The van der Waals surface area contributed by atoms with Gasteiger partial charge in [-0.15, -0.1) is 0 Å². The maximum absolute atomic E-state index is 12.0. The summed E-state index contributed by atoms with van der Waals surface area (Å²) in [6.07, 6.45) is 7.68. The summed E-state index contributed by atoms with van der Waals surface area (Å²) in [5.74, 6) is -1.05. The van der Waals surface area contributed by atoms with Gasteiger partial charge in [-0.1, -0.05) is 19.3 Å². The number of carboxylic acid groups (broad SMARTS) is 1. The van der Waals surface area contributed by atoms with Crippen molar-refractivity contribution >= 4 is 16.0 Å². The van der Waals surface area contributed by atoms with Gasteiger partial charge in [-0.05, 0) is 38.6 Å². The molecular weight excluding hydrogens is 292 g/mol. The molecule has 122 valence electrons. The Balaban J connectivity index is 1.85. The summed E-state index contributed by atoms with van der Waals surface area (Å²) in [5, 5.41) is 12.2. The first-order valence-electron chi connectivity index (χ1n) is 7.88. The molecule has 2 aliphatic rings. The van der Waals surface area contributed by atoms with E-state index < -0.39 is 16.0 Å². The molecule has 0 bridgehead atoms. The fourth-order valence-corrected chi connectivity index (χ4v) is 4.95. The molecule has 1 spiro atoms. The summed E-state index contributed by atoms with van der Waals surface area (Å²) >= 11 is 0. The van der Waals surface area contributed by atoms with Crippen LogP contribution in [-0.4, -0.2) is 43.4 Å². The molecule has 7 heteroatoms. The lowest BCUT2D eigenvalue weighted by Crippen LogP contribution is -2.57. The standard InChI is InChI=1S/C14H26N2O4S/c17-13(18)5-4-10-21(19,20)16-12-6-9-15-14(11-12)7-2-1-3-8-14/h12,15-16H,1-11H2,(H,17,18). The molecule has 6 nitrogen and oxygen atoms in total. The molecule has 1 heterocycles. The van der Waals surface area contributed by atoms with Gasteiger partial charge in [0.25, 0.3) is 0 Å². The minimum absolute atomic E-state index is 0.0146. The monoisotopic (exact) mass is 318 g/mol. The Morgan fingerprint density at radius 2 is 2.00 bits per heavy atom. The predicted molar refractivity (Wildman–Crippen MR) is 80.6 cm³/mol. The van der Waals surface area contributed by atoms with Crippen LogP contribution in [0.1, 0.15) is 57.8 Å². The van der Waals surface area contributed by atoms with Crippen molar-refractivity contribution < 1.29 is 18.3 Å². The summed E-state index contributed by atoms with van der Waals surface area (Å²) in [6.45, 7) is 0.850. The van der Waals surface area contributed by atoms with Gasteiger partial charge >= 0.3 is 5.97 Å². The number of piperidine rings is 1. The minimum atomic E-state index is -3.37. The van der Waals surface area contributed by atoms with Gasteiger partial charge in [-0.3, -0.25) is 4.79 Å². The van der Waals surface area contributed by atoms with Crippen molar-refractivity contribution in [1.29, 1.82) is 0 Å². The van der Waals surface area contributed by atoms with Gasteiger partial charge in [-0.25, -0.2) is 13.1 Å². The van der Waals surface area contributed by atoms with E-state index in [4.69, 9.17) is 5.11 Å². The van der Waals surface area contributed by atoms with E-state index in [1.165, 1.54) is 19.3 Å². The Kier molecular flexibility index (Phi) is 5.62. The highest BCUT2D eigenvalue weighted by molar-refractivity contribution is 7.89. The number of aliphatic carboxylic acids is 1. The van der Waals surface area contributed by atoms with Crippen LogP contribution < -0.4 is 10.0 Å². The summed E-state index contributed by atoms with van der Waals surface area (Å²) < 4.78 is 26.8. The van der Waals surface area contributed by atoms with E-state index in [2.05, 4.69) is 10.0 Å². The van der Waals surface area contributed by atoms with E-state index in [9.17, 15) is 13.2 Å². The van der Waals surface area contributed by atoms with E-state index in [1.807, 2.05) is 0 Å². The Morgan fingerprint density at radius 1 is 1.29 bits per heavy atom. The number of rotatable bonds is 6. The lowest BCUT2D eigenvalue weighted by Gasteiger charge is -2.44. The fourth-order valence-electron chi connectivity index (χ4n) is 3.59. The van der Waals surface area contributed by atoms with Crippen molar-refractivity contribution in [1.82, 2.24) is 10.0 Å². The molecule has 0 radical (unpaired) electrons. The van der Waals surface area contributed by atoms with E-state index in [0.717, 1.165) is 32.2 Å². The number of carbonyl (C=O) groups is 1. The average molecular weight is 318 g/mol. The Labute approximate surface area is 126 Å². The van der Waals surface area contributed by atoms with Crippen molar-refractivity contribution in [3.05, 3.63) is 0 Å². The van der Waals surface area contributed by atoms with Crippen molar-refractivity contribution in [3.8, 4) is 0 Å². The number of carboxylic acids is 1. The molecule has 1 aliphatic carbocycles. The molecule has 2 rings (SSSR count). The third-order valence-electron chi connectivity index (χ3n) is 4.59. The van der Waals surface area contributed by atoms with Gasteiger partial charge in [0.15, 0.2) is 0 Å². The molecule has 1 unspecified atom stereocenters. The van der Waals surface area contributed by atoms with Gasteiger partial charge in [0.2, 0.25) is 10.0 Å². The highest BCUT2D eigenvalue weighted by atomic mass is 32.2. The molecule has 0 aromatic carbocycles. The quantitative estimate of drug-likeness (QED) is 0.684. The van der Waals surface area contributed by atoms with Gasteiger partial charge in [0, 0.05) is 18.0 Å². The van der Waals surface area contributed by atoms with Gasteiger partial charge in [0.1, 0.15) is 0 Å². The molecule has 1 saturated heterocycles. The Morgan fingerprint density at radius 3 is 2.67 bits per heavy atom. The smallest absolute Gasteiger partial charge is 0.303 e. The predicted octanol–water partition coefficient (Wildman–Crippen LogP) is 1.23. The molecule has 2 fully saturated rings. The molecule has 0 amide bonds. The summed E-state index contributed by atoms with van der Waals surface area (Å²) in [4.78, 5) is 10.5. The molecule has 3 N–H and O–H groups in total. The fraction of sp³-hybridized carbons (Fsp3) is 0.929. The maximum Gasteiger partial charge on any atom is 0.303 e. The van der Waals surface area contributed by atoms with Crippen molar-refractivity contribution in [2.24, 2.45) is 0 Å². The zero-order valence-electron chi connectivity index (χ0n) is 12.4. The van der Waals surface area contributed by atoms with Gasteiger partial charge in [0.05, 0.1) is 5.75 Å². The molecular formula is C14H26N2O4S. The molecule has 0 aromatic rings. The minimum Gasteiger partial charge on any atom is -0.481 e. The topological polar surface area (TPSA) is 95.5 Å². The summed E-state index contributed by atoms with van der Waals surface area (Å²) in [6, 6.07) is -0.0146. The maximum atomic E-state index is 12.0. The van der Waals surface area contributed by atoms with Crippen LogP contribution in [0.15, 0.2) is 0 Å². The van der Waals surface area contributed by atoms with E-state index in [1.54, 1.807) is 0 Å². The van der Waals surface area contributed by atoms with Crippen LogP contribution in [0.4, 0.5) is 0 Å². The van der Waals surface area contributed by atoms with E-state index in [0.29, 0.717) is 0 Å². The van der Waals surface area contributed by atoms with Gasteiger partial charge in [-0.2, -0.15) is 0 Å². The molecule has 21 heavy (non-hydrogen) atoms. The summed E-state index contributed by atoms with van der Waals surface area (Å²) in [5.41, 5.74) is 0.116. The first-order valence-corrected chi connectivity index (χ1v) is 9.53. The van der Waals surface area contributed by atoms with Crippen LogP contribution in [0, 0.1) is 0 Å². The van der Waals surface area contributed by atoms with Crippen molar-refractivity contribution in [3.63, 3.8) is 0 Å². The molecule has 1 atom stereocenters. The third-order valence-corrected chi connectivity index (χ3v) is 6.11. The first-order chi connectivity index (χ1) is 9.91. The van der Waals surface area contributed by atoms with Crippen LogP contribution in [0.5, 0.6) is 0 Å². The third kappa shape index (κ3) is 5.23. The lowest BCUT2D eigenvalue weighted by atomic mass is 9.75. The largest absolute Gasteiger partial charge is 0.481 e.